The van der Waals surface area contributed by atoms with Crippen LogP contribution in [0.25, 0.3) is 16.0 Å². The first kappa shape index (κ1) is 17.0. The summed E-state index contributed by atoms with van der Waals surface area (Å²) >= 11 is 1.69. The first-order valence-electron chi connectivity index (χ1n) is 8.95. The zero-order chi connectivity index (χ0) is 19.4. The van der Waals surface area contributed by atoms with Gasteiger partial charge in [-0.3, -0.25) is 4.79 Å². The summed E-state index contributed by atoms with van der Waals surface area (Å²) in [5.74, 6) is -0.414. The van der Waals surface area contributed by atoms with E-state index < -0.39 is 12.3 Å². The number of likely N-dealkylation sites (N-methyl/N-ethyl adjacent to an activating group) is 1. The van der Waals surface area contributed by atoms with Gasteiger partial charge in [-0.15, -0.1) is 11.3 Å². The molecule has 1 aromatic heterocycles. The number of rotatable bonds is 3. The number of ether oxygens (including phenoxy) is 2. The molecule has 0 radical (unpaired) electrons. The third kappa shape index (κ3) is 2.52. The highest BCUT2D eigenvalue weighted by Crippen LogP contribution is 2.46. The predicted molar refractivity (Wildman–Crippen MR) is 108 cm³/mol. The standard InChI is InChI=1S/C22H17NO4S/c1-12-8-19(27-22(12)25)26-11-14-10-16-15-9-13(18-4-3-7-28-18)5-6-17(15)23(2)20(16)21(14)24/h3-11,19-20H,1-2H3/b14-11+. The molecule has 0 saturated heterocycles. The number of allylic oxidation sites excluding steroid dienone is 1. The fourth-order valence-electron chi connectivity index (χ4n) is 3.84. The number of anilines is 1. The Balaban J connectivity index is 1.47. The Morgan fingerprint density at radius 2 is 2.11 bits per heavy atom. The van der Waals surface area contributed by atoms with Crippen LogP contribution < -0.4 is 4.90 Å². The van der Waals surface area contributed by atoms with E-state index in [0.717, 1.165) is 22.4 Å². The number of nitrogens with zero attached hydrogens (tertiary/aromatic N) is 1. The number of carbonyl (C=O) groups is 2. The Labute approximate surface area is 166 Å². The SMILES string of the molecule is CC1=CC(O/C=C2\C=C3c4cc(-c5cccs5)ccc4N(C)C3C2=O)OC1=O. The minimum atomic E-state index is -0.776. The number of hydrogen-bond acceptors (Lipinski definition) is 6. The molecular weight excluding hydrogens is 374 g/mol. The van der Waals surface area contributed by atoms with Crippen molar-refractivity contribution in [1.29, 1.82) is 0 Å². The average molecular weight is 391 g/mol. The van der Waals surface area contributed by atoms with Crippen molar-refractivity contribution < 1.29 is 19.1 Å². The maximum atomic E-state index is 12.9. The molecule has 0 spiro atoms. The third-order valence-electron chi connectivity index (χ3n) is 5.28. The van der Waals surface area contributed by atoms with Crippen molar-refractivity contribution >= 4 is 34.3 Å². The summed E-state index contributed by atoms with van der Waals surface area (Å²) < 4.78 is 10.6. The van der Waals surface area contributed by atoms with Crippen LogP contribution in [0, 0.1) is 0 Å². The zero-order valence-corrected chi connectivity index (χ0v) is 16.2. The first-order chi connectivity index (χ1) is 13.5. The molecule has 1 aromatic carbocycles. The molecule has 3 aliphatic rings. The summed E-state index contributed by atoms with van der Waals surface area (Å²) in [5, 5.41) is 2.06. The second-order valence-electron chi connectivity index (χ2n) is 7.02. The van der Waals surface area contributed by atoms with E-state index in [2.05, 4.69) is 29.6 Å². The largest absolute Gasteiger partial charge is 0.458 e. The number of benzene rings is 1. The summed E-state index contributed by atoms with van der Waals surface area (Å²) in [7, 11) is 1.93. The molecule has 0 bridgehead atoms. The van der Waals surface area contributed by atoms with Gasteiger partial charge < -0.3 is 14.4 Å². The van der Waals surface area contributed by atoms with Gasteiger partial charge in [0.25, 0.3) is 6.29 Å². The molecule has 0 fully saturated rings. The van der Waals surface area contributed by atoms with Crippen LogP contribution in [-0.4, -0.2) is 31.1 Å². The Bertz CT molecular complexity index is 1090. The van der Waals surface area contributed by atoms with Gasteiger partial charge >= 0.3 is 5.97 Å². The van der Waals surface area contributed by atoms with E-state index >= 15 is 0 Å². The molecule has 3 heterocycles. The molecule has 5 rings (SSSR count). The minimum Gasteiger partial charge on any atom is -0.458 e. The molecule has 6 heteroatoms. The van der Waals surface area contributed by atoms with E-state index in [0.29, 0.717) is 11.1 Å². The number of esters is 1. The summed E-state index contributed by atoms with van der Waals surface area (Å²) in [5.41, 5.74) is 5.22. The van der Waals surface area contributed by atoms with Crippen LogP contribution in [0.1, 0.15) is 12.5 Å². The van der Waals surface area contributed by atoms with Gasteiger partial charge in [-0.25, -0.2) is 4.79 Å². The Hall–Kier alpha value is -3.12. The molecule has 5 nitrogen and oxygen atoms in total. The van der Waals surface area contributed by atoms with E-state index in [4.69, 9.17) is 9.47 Å². The third-order valence-corrected chi connectivity index (χ3v) is 6.20. The van der Waals surface area contributed by atoms with Crippen molar-refractivity contribution in [2.24, 2.45) is 0 Å². The lowest BCUT2D eigenvalue weighted by molar-refractivity contribution is -0.152. The van der Waals surface area contributed by atoms with E-state index in [9.17, 15) is 9.59 Å². The molecule has 0 saturated carbocycles. The molecular formula is C22H17NO4S. The van der Waals surface area contributed by atoms with Gasteiger partial charge in [-0.05, 0) is 47.7 Å². The number of Topliss-reactive ketones (excluding diaryl/α,β-unsaturated/α-hetero) is 1. The minimum absolute atomic E-state index is 0.0172. The van der Waals surface area contributed by atoms with Crippen molar-refractivity contribution in [3.63, 3.8) is 0 Å². The maximum absolute atomic E-state index is 12.9. The van der Waals surface area contributed by atoms with E-state index in [1.165, 1.54) is 11.1 Å². The summed E-state index contributed by atoms with van der Waals surface area (Å²) in [6, 6.07) is 10.1. The Morgan fingerprint density at radius 3 is 2.82 bits per heavy atom. The van der Waals surface area contributed by atoms with Gasteiger partial charge in [-0.1, -0.05) is 12.1 Å². The summed E-state index contributed by atoms with van der Waals surface area (Å²) in [6.07, 6.45) is 4.10. The number of thiophene rings is 1. The van der Waals surface area contributed by atoms with Crippen LogP contribution in [0.15, 0.2) is 65.3 Å². The smallest absolute Gasteiger partial charge is 0.336 e. The van der Waals surface area contributed by atoms with Crippen LogP contribution in [0.2, 0.25) is 0 Å². The monoisotopic (exact) mass is 391 g/mol. The van der Waals surface area contributed by atoms with E-state index in [1.807, 2.05) is 24.1 Å². The van der Waals surface area contributed by atoms with E-state index in [-0.39, 0.29) is 11.8 Å². The van der Waals surface area contributed by atoms with E-state index in [1.54, 1.807) is 24.3 Å². The number of ketones is 1. The van der Waals surface area contributed by atoms with Crippen molar-refractivity contribution in [3.05, 3.63) is 70.8 Å². The Kier molecular flexibility index (Phi) is 3.77. The lowest BCUT2D eigenvalue weighted by atomic mass is 10.0. The summed E-state index contributed by atoms with van der Waals surface area (Å²) in [6.45, 7) is 1.67. The number of fused-ring (bicyclic) bond motifs is 3. The number of cyclic esters (lactones) is 1. The Morgan fingerprint density at radius 1 is 1.25 bits per heavy atom. The fourth-order valence-corrected chi connectivity index (χ4v) is 4.56. The quantitative estimate of drug-likeness (QED) is 0.451. The molecule has 28 heavy (non-hydrogen) atoms. The first-order valence-corrected chi connectivity index (χ1v) is 9.83. The predicted octanol–water partition coefficient (Wildman–Crippen LogP) is 3.93. The topological polar surface area (TPSA) is 55.8 Å². The van der Waals surface area contributed by atoms with Crippen LogP contribution in [0.4, 0.5) is 5.69 Å². The van der Waals surface area contributed by atoms with Crippen LogP contribution in [0.5, 0.6) is 0 Å². The van der Waals surface area contributed by atoms with Gasteiger partial charge in [0.1, 0.15) is 6.04 Å². The molecule has 2 aromatic rings. The van der Waals surface area contributed by atoms with Gasteiger partial charge in [0.05, 0.1) is 11.8 Å². The maximum Gasteiger partial charge on any atom is 0.336 e. The zero-order valence-electron chi connectivity index (χ0n) is 15.3. The molecule has 1 aliphatic carbocycles. The van der Waals surface area contributed by atoms with Crippen molar-refractivity contribution in [2.45, 2.75) is 19.3 Å². The highest BCUT2D eigenvalue weighted by atomic mass is 32.1. The molecule has 2 atom stereocenters. The highest BCUT2D eigenvalue weighted by Gasteiger charge is 2.42. The average Bonchev–Trinajstić information content (AvgIpc) is 3.43. The fraction of sp³-hybridized carbons (Fsp3) is 0.182. The summed E-state index contributed by atoms with van der Waals surface area (Å²) in [4.78, 5) is 27.6. The van der Waals surface area contributed by atoms with Crippen molar-refractivity contribution in [3.8, 4) is 10.4 Å². The molecule has 0 amide bonds. The van der Waals surface area contributed by atoms with Crippen molar-refractivity contribution in [1.82, 2.24) is 0 Å². The second-order valence-corrected chi connectivity index (χ2v) is 7.97. The molecule has 140 valence electrons. The normalized spacial score (nSPS) is 24.2. The highest BCUT2D eigenvalue weighted by molar-refractivity contribution is 7.13. The van der Waals surface area contributed by atoms with Crippen LogP contribution >= 0.6 is 11.3 Å². The number of carbonyl (C=O) groups excluding carboxylic acids is 2. The molecule has 0 N–H and O–H groups in total. The molecule has 2 aliphatic heterocycles. The number of hydrogen-bond donors (Lipinski definition) is 0. The van der Waals surface area contributed by atoms with Crippen LogP contribution in [-0.2, 0) is 19.1 Å². The second kappa shape index (κ2) is 6.21. The van der Waals surface area contributed by atoms with Crippen LogP contribution in [0.3, 0.4) is 0 Å². The van der Waals surface area contributed by atoms with Crippen molar-refractivity contribution in [2.75, 3.05) is 11.9 Å². The van der Waals surface area contributed by atoms with Gasteiger partial charge in [0.2, 0.25) is 0 Å². The van der Waals surface area contributed by atoms with Gasteiger partial charge in [0, 0.05) is 34.8 Å². The van der Waals surface area contributed by atoms with Gasteiger partial charge in [-0.2, -0.15) is 0 Å². The van der Waals surface area contributed by atoms with Gasteiger partial charge in [0.15, 0.2) is 5.78 Å². The lowest BCUT2D eigenvalue weighted by Gasteiger charge is -2.19. The molecule has 2 unspecified atom stereocenters. The lowest BCUT2D eigenvalue weighted by Crippen LogP contribution is -2.32.